The highest BCUT2D eigenvalue weighted by atomic mass is 32.2. The van der Waals surface area contributed by atoms with Gasteiger partial charge in [0.05, 0.1) is 0 Å². The van der Waals surface area contributed by atoms with Crippen molar-refractivity contribution >= 4 is 18.4 Å². The van der Waals surface area contributed by atoms with E-state index in [9.17, 15) is 26.2 Å². The summed E-state index contributed by atoms with van der Waals surface area (Å²) >= 11 is 0. The van der Waals surface area contributed by atoms with Gasteiger partial charge in [-0.25, -0.2) is 13.2 Å². The molecule has 0 aliphatic rings. The van der Waals surface area contributed by atoms with Gasteiger partial charge in [0.15, 0.2) is 4.90 Å². The van der Waals surface area contributed by atoms with Crippen molar-refractivity contribution in [2.24, 2.45) is 0 Å². The Morgan fingerprint density at radius 3 is 2.11 bits per heavy atom. The maximum Gasteiger partial charge on any atom is 0.348 e. The minimum absolute atomic E-state index is 0.138. The molecule has 0 saturated carbocycles. The summed E-state index contributed by atoms with van der Waals surface area (Å²) in [6.45, 7) is 0. The zero-order valence-corrected chi connectivity index (χ0v) is 10.5. The van der Waals surface area contributed by atoms with Crippen molar-refractivity contribution < 1.29 is 39.7 Å². The lowest BCUT2D eigenvalue weighted by molar-refractivity contribution is -0.0966. The van der Waals surface area contributed by atoms with Crippen LogP contribution in [0.3, 0.4) is 0 Å². The van der Waals surface area contributed by atoms with Gasteiger partial charge in [-0.15, -0.1) is 4.67 Å². The molecule has 1 rings (SSSR count). The first-order chi connectivity index (χ1) is 8.27. The molecule has 1 aromatic rings. The molecule has 0 amide bonds. The van der Waals surface area contributed by atoms with Gasteiger partial charge >= 0.3 is 18.4 Å². The van der Waals surface area contributed by atoms with Crippen LogP contribution in [0.25, 0.3) is 0 Å². The van der Waals surface area contributed by atoms with E-state index in [2.05, 4.69) is 13.5 Å². The molecule has 18 heavy (non-hydrogen) atoms. The normalized spacial score (nSPS) is 13.6. The monoisotopic (exact) mass is 306 g/mol. The topological polar surface area (TPSA) is 78.9 Å². The van der Waals surface area contributed by atoms with Crippen molar-refractivity contribution in [1.82, 2.24) is 0 Å². The average Bonchev–Trinajstić information content (AvgIpc) is 2.24. The lowest BCUT2D eigenvalue weighted by atomic mass is 10.3. The van der Waals surface area contributed by atoms with Gasteiger partial charge in [0, 0.05) is 19.2 Å². The van der Waals surface area contributed by atoms with Crippen LogP contribution in [0.4, 0.5) is 13.2 Å². The second-order valence-electron chi connectivity index (χ2n) is 2.76. The Hall–Kier alpha value is -0.930. The van der Waals surface area contributed by atoms with Crippen LogP contribution in [0.2, 0.25) is 0 Å². The standard InChI is InChI=1S/C7H6F3O6PS/c1-14-17(11)15-16-18(12,13)7-5(9)2-4(8)3-6(7)10/h2-3,17H,1H3. The van der Waals surface area contributed by atoms with Gasteiger partial charge in [0.1, 0.15) is 17.5 Å². The number of hydrogen-bond acceptors (Lipinski definition) is 6. The van der Waals surface area contributed by atoms with Gasteiger partial charge in [-0.1, -0.05) is 4.33 Å². The van der Waals surface area contributed by atoms with E-state index in [0.29, 0.717) is 0 Å². The van der Waals surface area contributed by atoms with E-state index < -0.39 is 40.7 Å². The molecule has 1 atom stereocenters. The summed E-state index contributed by atoms with van der Waals surface area (Å²) in [5, 5.41) is 0. The second kappa shape index (κ2) is 5.81. The smallest absolute Gasteiger partial charge is 0.312 e. The number of halogens is 3. The highest BCUT2D eigenvalue weighted by Gasteiger charge is 2.28. The summed E-state index contributed by atoms with van der Waals surface area (Å²) in [5.41, 5.74) is 0. The Labute approximate surface area is 100 Å². The van der Waals surface area contributed by atoms with Gasteiger partial charge in [-0.05, 0) is 0 Å². The summed E-state index contributed by atoms with van der Waals surface area (Å²) in [7, 11) is -7.38. The van der Waals surface area contributed by atoms with Crippen molar-refractivity contribution in [1.29, 1.82) is 0 Å². The van der Waals surface area contributed by atoms with Crippen molar-refractivity contribution in [3.8, 4) is 0 Å². The molecule has 0 N–H and O–H groups in total. The van der Waals surface area contributed by atoms with E-state index in [4.69, 9.17) is 0 Å². The minimum atomic E-state index is -5.04. The molecule has 0 spiro atoms. The minimum Gasteiger partial charge on any atom is -0.312 e. The maximum absolute atomic E-state index is 13.1. The fraction of sp³-hybridized carbons (Fsp3) is 0.143. The first-order valence-corrected chi connectivity index (χ1v) is 6.75. The van der Waals surface area contributed by atoms with E-state index in [-0.39, 0.29) is 12.1 Å². The zero-order valence-electron chi connectivity index (χ0n) is 8.65. The molecule has 1 aromatic carbocycles. The van der Waals surface area contributed by atoms with E-state index in [1.165, 1.54) is 0 Å². The second-order valence-corrected chi connectivity index (χ2v) is 5.29. The predicted octanol–water partition coefficient (Wildman–Crippen LogP) is 1.78. The SMILES string of the molecule is CO[PH](=O)OOS(=O)(=O)c1c(F)cc(F)cc1F. The van der Waals surface area contributed by atoms with E-state index in [1.54, 1.807) is 0 Å². The lowest BCUT2D eigenvalue weighted by Crippen LogP contribution is -2.10. The van der Waals surface area contributed by atoms with E-state index in [0.717, 1.165) is 7.11 Å². The molecule has 0 aliphatic carbocycles. The first-order valence-electron chi connectivity index (χ1n) is 4.11. The van der Waals surface area contributed by atoms with Crippen molar-refractivity contribution in [2.45, 2.75) is 4.90 Å². The number of benzene rings is 1. The summed E-state index contributed by atoms with van der Waals surface area (Å²) in [4.78, 5) is -1.56. The van der Waals surface area contributed by atoms with Gasteiger partial charge < -0.3 is 4.52 Å². The van der Waals surface area contributed by atoms with Gasteiger partial charge in [-0.3, -0.25) is 4.57 Å². The molecule has 102 valence electrons. The molecular formula is C7H6F3O6PS. The molecule has 6 nitrogen and oxygen atoms in total. The summed E-state index contributed by atoms with van der Waals surface area (Å²) in [6, 6.07) is 0.275. The molecule has 0 fully saturated rings. The molecule has 0 bridgehead atoms. The van der Waals surface area contributed by atoms with Crippen molar-refractivity contribution in [3.63, 3.8) is 0 Å². The first kappa shape index (κ1) is 15.1. The van der Waals surface area contributed by atoms with Crippen LogP contribution in [0, 0.1) is 17.5 Å². The fourth-order valence-electron chi connectivity index (χ4n) is 0.908. The van der Waals surface area contributed by atoms with Crippen molar-refractivity contribution in [3.05, 3.63) is 29.6 Å². The van der Waals surface area contributed by atoms with Crippen LogP contribution in [-0.2, 0) is 28.2 Å². The van der Waals surface area contributed by atoms with Crippen LogP contribution in [0.1, 0.15) is 0 Å². The summed E-state index contributed by atoms with van der Waals surface area (Å²) in [5.74, 6) is -4.74. The Morgan fingerprint density at radius 2 is 1.67 bits per heavy atom. The maximum atomic E-state index is 13.1. The average molecular weight is 306 g/mol. The molecule has 11 heteroatoms. The Morgan fingerprint density at radius 1 is 1.17 bits per heavy atom. The number of hydrogen-bond donors (Lipinski definition) is 0. The Balaban J connectivity index is 3.10. The molecule has 0 saturated heterocycles. The van der Waals surface area contributed by atoms with E-state index >= 15 is 0 Å². The van der Waals surface area contributed by atoms with Gasteiger partial charge in [0.25, 0.3) is 0 Å². The highest BCUT2D eigenvalue weighted by Crippen LogP contribution is 2.27. The van der Waals surface area contributed by atoms with Crippen molar-refractivity contribution in [2.75, 3.05) is 7.11 Å². The van der Waals surface area contributed by atoms with Crippen LogP contribution in [0.15, 0.2) is 17.0 Å². The molecule has 0 heterocycles. The van der Waals surface area contributed by atoms with Crippen LogP contribution >= 0.6 is 8.25 Å². The highest BCUT2D eigenvalue weighted by molar-refractivity contribution is 7.86. The quantitative estimate of drug-likeness (QED) is 0.469. The third-order valence-corrected chi connectivity index (χ3v) is 3.38. The molecule has 0 aromatic heterocycles. The summed E-state index contributed by atoms with van der Waals surface area (Å²) < 4.78 is 83.4. The Kier molecular flexibility index (Phi) is 4.88. The fourth-order valence-corrected chi connectivity index (χ4v) is 2.22. The molecule has 0 radical (unpaired) electrons. The summed E-state index contributed by atoms with van der Waals surface area (Å²) in [6.07, 6.45) is 0. The molecule has 1 unspecified atom stereocenters. The Bertz CT molecular complexity index is 552. The van der Waals surface area contributed by atoms with E-state index in [1.807, 2.05) is 0 Å². The molecule has 0 aliphatic heterocycles. The third kappa shape index (κ3) is 3.53. The number of rotatable bonds is 5. The zero-order chi connectivity index (χ0) is 13.9. The van der Waals surface area contributed by atoms with Crippen LogP contribution < -0.4 is 0 Å². The lowest BCUT2D eigenvalue weighted by Gasteiger charge is -2.06. The molecular weight excluding hydrogens is 300 g/mol. The predicted molar refractivity (Wildman–Crippen MR) is 51.7 cm³/mol. The van der Waals surface area contributed by atoms with Gasteiger partial charge in [-0.2, -0.15) is 8.42 Å². The van der Waals surface area contributed by atoms with Crippen LogP contribution in [-0.4, -0.2) is 15.5 Å². The largest absolute Gasteiger partial charge is 0.348 e. The van der Waals surface area contributed by atoms with Gasteiger partial charge in [0.2, 0.25) is 0 Å². The third-order valence-electron chi connectivity index (χ3n) is 1.57. The van der Waals surface area contributed by atoms with Crippen LogP contribution in [0.5, 0.6) is 0 Å².